The van der Waals surface area contributed by atoms with Crippen LogP contribution in [0.25, 0.3) is 0 Å². The van der Waals surface area contributed by atoms with Gasteiger partial charge in [-0.2, -0.15) is 8.78 Å². The zero-order valence-corrected chi connectivity index (χ0v) is 11.8. The van der Waals surface area contributed by atoms with Gasteiger partial charge >= 0.3 is 12.6 Å². The Hall–Kier alpha value is -0.690. The molecule has 0 atom stereocenters. The van der Waals surface area contributed by atoms with Crippen molar-refractivity contribution >= 4 is 37.8 Å². The molecule has 3 nitrogen and oxygen atoms in total. The highest BCUT2D eigenvalue weighted by Crippen LogP contribution is 2.33. The van der Waals surface area contributed by atoms with Crippen molar-refractivity contribution in [3.05, 3.63) is 26.6 Å². The van der Waals surface area contributed by atoms with Crippen LogP contribution in [0.5, 0.6) is 5.75 Å². The van der Waals surface area contributed by atoms with Crippen LogP contribution in [0, 0.1) is 0 Å². The summed E-state index contributed by atoms with van der Waals surface area (Å²) in [6.07, 6.45) is -0.146. The summed E-state index contributed by atoms with van der Waals surface area (Å²) in [5.41, 5.74) is 0.320. The van der Waals surface area contributed by atoms with E-state index in [1.165, 1.54) is 13.2 Å². The van der Waals surface area contributed by atoms with Gasteiger partial charge in [-0.3, -0.25) is 4.79 Å². The molecule has 0 saturated carbocycles. The van der Waals surface area contributed by atoms with Crippen molar-refractivity contribution in [2.75, 3.05) is 7.11 Å². The zero-order chi connectivity index (χ0) is 13.0. The van der Waals surface area contributed by atoms with Crippen molar-refractivity contribution in [1.29, 1.82) is 0 Å². The highest BCUT2D eigenvalue weighted by molar-refractivity contribution is 9.11. The minimum atomic E-state index is -2.95. The van der Waals surface area contributed by atoms with E-state index in [1.54, 1.807) is 6.07 Å². The van der Waals surface area contributed by atoms with Crippen molar-refractivity contribution < 1.29 is 23.0 Å². The molecule has 1 rings (SSSR count). The molecule has 1 aromatic rings. The van der Waals surface area contributed by atoms with Gasteiger partial charge in [-0.25, -0.2) is 0 Å². The van der Waals surface area contributed by atoms with Crippen LogP contribution in [-0.4, -0.2) is 19.7 Å². The standard InChI is InChI=1S/C10H8Br2F2O3/c1-16-9(15)4-6-7(12)2-5(11)3-8(6)17-10(13)14/h2-3,10H,4H2,1H3. The summed E-state index contributed by atoms with van der Waals surface area (Å²) in [6.45, 7) is -2.95. The minimum absolute atomic E-state index is 0.0633. The normalized spacial score (nSPS) is 10.5. The predicted octanol–water partition coefficient (Wildman–Crippen LogP) is 3.53. The monoisotopic (exact) mass is 372 g/mol. The Bertz CT molecular complexity index is 424. The lowest BCUT2D eigenvalue weighted by molar-refractivity contribution is -0.139. The highest BCUT2D eigenvalue weighted by atomic mass is 79.9. The molecule has 0 fully saturated rings. The average molecular weight is 374 g/mol. The van der Waals surface area contributed by atoms with E-state index < -0.39 is 12.6 Å². The Labute approximate surface area is 113 Å². The molecule has 0 aliphatic rings. The average Bonchev–Trinajstić information content (AvgIpc) is 2.21. The Kier molecular flexibility index (Phi) is 5.32. The van der Waals surface area contributed by atoms with Gasteiger partial charge in [0.25, 0.3) is 0 Å². The lowest BCUT2D eigenvalue weighted by Gasteiger charge is -2.12. The first-order valence-corrected chi connectivity index (χ1v) is 6.02. The van der Waals surface area contributed by atoms with Gasteiger partial charge in [0.15, 0.2) is 0 Å². The molecule has 17 heavy (non-hydrogen) atoms. The lowest BCUT2D eigenvalue weighted by Crippen LogP contribution is -2.10. The predicted molar refractivity (Wildman–Crippen MR) is 64.2 cm³/mol. The van der Waals surface area contributed by atoms with Gasteiger partial charge in [-0.1, -0.05) is 31.9 Å². The van der Waals surface area contributed by atoms with Gasteiger partial charge in [0, 0.05) is 14.5 Å². The molecule has 94 valence electrons. The van der Waals surface area contributed by atoms with E-state index in [2.05, 4.69) is 41.3 Å². The van der Waals surface area contributed by atoms with Crippen LogP contribution < -0.4 is 4.74 Å². The third-order valence-corrected chi connectivity index (χ3v) is 3.05. The molecule has 1 aromatic carbocycles. The van der Waals surface area contributed by atoms with Crippen molar-refractivity contribution in [2.24, 2.45) is 0 Å². The molecule has 0 saturated heterocycles. The number of alkyl halides is 2. The Morgan fingerprint density at radius 2 is 2.06 bits per heavy atom. The van der Waals surface area contributed by atoms with Gasteiger partial charge in [0.1, 0.15) is 5.75 Å². The third-order valence-electron chi connectivity index (χ3n) is 1.88. The number of rotatable bonds is 4. The first kappa shape index (κ1) is 14.4. The molecule has 0 aliphatic carbocycles. The number of carbonyl (C=O) groups excluding carboxylic acids is 1. The van der Waals surface area contributed by atoms with Gasteiger partial charge in [-0.15, -0.1) is 0 Å². The van der Waals surface area contributed by atoms with E-state index in [0.29, 0.717) is 14.5 Å². The topological polar surface area (TPSA) is 35.5 Å². The highest BCUT2D eigenvalue weighted by Gasteiger charge is 2.17. The molecule has 0 bridgehead atoms. The fourth-order valence-corrected chi connectivity index (χ4v) is 2.50. The van der Waals surface area contributed by atoms with E-state index in [0.717, 1.165) is 0 Å². The molecular formula is C10H8Br2F2O3. The van der Waals surface area contributed by atoms with E-state index in [1.807, 2.05) is 0 Å². The molecule has 0 amide bonds. The third kappa shape index (κ3) is 4.23. The number of halogens is 4. The van der Waals surface area contributed by atoms with Gasteiger partial charge in [0.2, 0.25) is 0 Å². The van der Waals surface area contributed by atoms with Crippen LogP contribution in [-0.2, 0) is 16.0 Å². The minimum Gasteiger partial charge on any atom is -0.469 e. The molecular weight excluding hydrogens is 366 g/mol. The number of hydrogen-bond acceptors (Lipinski definition) is 3. The van der Waals surface area contributed by atoms with Crippen molar-refractivity contribution in [2.45, 2.75) is 13.0 Å². The van der Waals surface area contributed by atoms with E-state index in [9.17, 15) is 13.6 Å². The van der Waals surface area contributed by atoms with Crippen LogP contribution in [0.2, 0.25) is 0 Å². The van der Waals surface area contributed by atoms with Crippen LogP contribution in [0.15, 0.2) is 21.1 Å². The summed E-state index contributed by atoms with van der Waals surface area (Å²) in [7, 11) is 1.22. The summed E-state index contributed by atoms with van der Waals surface area (Å²) >= 11 is 6.33. The maximum absolute atomic E-state index is 12.2. The van der Waals surface area contributed by atoms with E-state index in [4.69, 9.17) is 0 Å². The zero-order valence-electron chi connectivity index (χ0n) is 8.68. The first-order chi connectivity index (χ1) is 7.93. The summed E-state index contributed by atoms with van der Waals surface area (Å²) in [5, 5.41) is 0. The summed E-state index contributed by atoms with van der Waals surface area (Å²) in [5.74, 6) is -0.598. The molecule has 0 aliphatic heterocycles. The number of esters is 1. The Morgan fingerprint density at radius 1 is 1.41 bits per heavy atom. The second-order valence-corrected chi connectivity index (χ2v) is 4.77. The molecule has 0 unspecified atom stereocenters. The number of benzene rings is 1. The SMILES string of the molecule is COC(=O)Cc1c(Br)cc(Br)cc1OC(F)F. The van der Waals surface area contributed by atoms with Crippen LogP contribution >= 0.6 is 31.9 Å². The Morgan fingerprint density at radius 3 is 2.59 bits per heavy atom. The quantitative estimate of drug-likeness (QED) is 0.757. The largest absolute Gasteiger partial charge is 0.469 e. The molecule has 0 heterocycles. The maximum atomic E-state index is 12.2. The number of methoxy groups -OCH3 is 1. The second-order valence-electron chi connectivity index (χ2n) is 3.00. The smallest absolute Gasteiger partial charge is 0.387 e. The van der Waals surface area contributed by atoms with Crippen LogP contribution in [0.1, 0.15) is 5.56 Å². The van der Waals surface area contributed by atoms with Crippen molar-refractivity contribution in [3.63, 3.8) is 0 Å². The summed E-state index contributed by atoms with van der Waals surface area (Å²) < 4.78 is 34.3. The molecule has 0 aromatic heterocycles. The summed E-state index contributed by atoms with van der Waals surface area (Å²) in [6, 6.07) is 3.01. The molecule has 0 radical (unpaired) electrons. The Balaban J connectivity index is 3.10. The maximum Gasteiger partial charge on any atom is 0.387 e. The van der Waals surface area contributed by atoms with Gasteiger partial charge in [-0.05, 0) is 12.1 Å². The lowest BCUT2D eigenvalue weighted by atomic mass is 10.1. The van der Waals surface area contributed by atoms with Gasteiger partial charge in [0.05, 0.1) is 13.5 Å². The number of ether oxygens (including phenoxy) is 2. The van der Waals surface area contributed by atoms with Crippen molar-refractivity contribution in [1.82, 2.24) is 0 Å². The number of hydrogen-bond donors (Lipinski definition) is 0. The molecule has 0 spiro atoms. The molecule has 7 heteroatoms. The number of carbonyl (C=O) groups is 1. The van der Waals surface area contributed by atoms with E-state index in [-0.39, 0.29) is 12.2 Å². The fourth-order valence-electron chi connectivity index (χ4n) is 1.17. The molecule has 0 N–H and O–H groups in total. The summed E-state index contributed by atoms with van der Waals surface area (Å²) in [4.78, 5) is 11.2. The second kappa shape index (κ2) is 6.30. The first-order valence-electron chi connectivity index (χ1n) is 4.43. The van der Waals surface area contributed by atoms with Crippen molar-refractivity contribution in [3.8, 4) is 5.75 Å². The van der Waals surface area contributed by atoms with Gasteiger partial charge < -0.3 is 9.47 Å². The van der Waals surface area contributed by atoms with Crippen LogP contribution in [0.3, 0.4) is 0 Å². The van der Waals surface area contributed by atoms with Crippen LogP contribution in [0.4, 0.5) is 8.78 Å². The van der Waals surface area contributed by atoms with E-state index >= 15 is 0 Å². The fraction of sp³-hybridized carbons (Fsp3) is 0.300.